The van der Waals surface area contributed by atoms with Gasteiger partial charge in [0.15, 0.2) is 10.9 Å². The second-order valence-corrected chi connectivity index (χ2v) is 8.65. The number of benzene rings is 3. The molecule has 1 heterocycles. The summed E-state index contributed by atoms with van der Waals surface area (Å²) in [5, 5.41) is 1.06. The molecule has 0 saturated carbocycles. The average molecular weight is 445 g/mol. The van der Waals surface area contributed by atoms with Gasteiger partial charge in [0, 0.05) is 5.56 Å². The van der Waals surface area contributed by atoms with Crippen LogP contribution in [-0.4, -0.2) is 28.2 Å². The number of Topliss-reactive ketones (excluding diaryl/α,β-unsaturated/α-hetero) is 1. The van der Waals surface area contributed by atoms with Crippen LogP contribution in [-0.2, 0) is 0 Å². The highest BCUT2D eigenvalue weighted by Crippen LogP contribution is 2.27. The van der Waals surface area contributed by atoms with Crippen molar-refractivity contribution >= 4 is 28.4 Å². The molecule has 3 aromatic carbocycles. The van der Waals surface area contributed by atoms with E-state index in [0.29, 0.717) is 27.4 Å². The van der Waals surface area contributed by atoms with Crippen LogP contribution >= 0.6 is 11.8 Å². The van der Waals surface area contributed by atoms with Crippen molar-refractivity contribution in [2.75, 3.05) is 12.9 Å². The molecular formula is C26H24N2O3S. The van der Waals surface area contributed by atoms with E-state index in [4.69, 9.17) is 9.72 Å². The normalized spacial score (nSPS) is 11.1. The van der Waals surface area contributed by atoms with Crippen molar-refractivity contribution < 1.29 is 9.53 Å². The van der Waals surface area contributed by atoms with Crippen LogP contribution in [0.4, 0.5) is 0 Å². The maximum absolute atomic E-state index is 13.5. The summed E-state index contributed by atoms with van der Waals surface area (Å²) in [5.74, 6) is 1.05. The van der Waals surface area contributed by atoms with E-state index in [1.165, 1.54) is 11.8 Å². The van der Waals surface area contributed by atoms with Gasteiger partial charge in [-0.1, -0.05) is 55.9 Å². The maximum atomic E-state index is 13.5. The Morgan fingerprint density at radius 3 is 2.41 bits per heavy atom. The van der Waals surface area contributed by atoms with Crippen LogP contribution in [0.1, 0.15) is 35.7 Å². The van der Waals surface area contributed by atoms with E-state index in [9.17, 15) is 9.59 Å². The lowest BCUT2D eigenvalue weighted by molar-refractivity contribution is 0.102. The number of hydrogen-bond donors (Lipinski definition) is 0. The number of nitrogens with zero attached hydrogens (tertiary/aromatic N) is 2. The average Bonchev–Trinajstić information content (AvgIpc) is 2.82. The summed E-state index contributed by atoms with van der Waals surface area (Å²) in [5.41, 5.74) is 2.92. The number of ether oxygens (including phenoxy) is 1. The largest absolute Gasteiger partial charge is 0.497 e. The van der Waals surface area contributed by atoms with E-state index in [0.717, 1.165) is 11.3 Å². The van der Waals surface area contributed by atoms with Crippen LogP contribution in [0.15, 0.2) is 82.7 Å². The van der Waals surface area contributed by atoms with Crippen molar-refractivity contribution in [3.8, 4) is 11.4 Å². The van der Waals surface area contributed by atoms with Crippen LogP contribution in [0.25, 0.3) is 16.6 Å². The molecule has 0 aliphatic heterocycles. The summed E-state index contributed by atoms with van der Waals surface area (Å²) in [4.78, 5) is 31.1. The number of carbonyl (C=O) groups is 1. The summed E-state index contributed by atoms with van der Waals surface area (Å²) >= 11 is 1.28. The van der Waals surface area contributed by atoms with E-state index < -0.39 is 0 Å². The van der Waals surface area contributed by atoms with E-state index >= 15 is 0 Å². The van der Waals surface area contributed by atoms with Crippen molar-refractivity contribution in [1.82, 2.24) is 9.55 Å². The summed E-state index contributed by atoms with van der Waals surface area (Å²) in [6.45, 7) is 4.19. The highest BCUT2D eigenvalue weighted by atomic mass is 32.2. The number of ketones is 1. The quantitative estimate of drug-likeness (QED) is 0.214. The van der Waals surface area contributed by atoms with Gasteiger partial charge < -0.3 is 4.74 Å². The molecule has 0 saturated heterocycles. The lowest BCUT2D eigenvalue weighted by Gasteiger charge is -2.18. The van der Waals surface area contributed by atoms with Gasteiger partial charge in [-0.15, -0.1) is 0 Å². The predicted molar refractivity (Wildman–Crippen MR) is 129 cm³/mol. The number of aromatic nitrogens is 2. The number of thioether (sulfide) groups is 1. The number of hydrogen-bond acceptors (Lipinski definition) is 5. The molecule has 32 heavy (non-hydrogen) atoms. The molecule has 162 valence electrons. The van der Waals surface area contributed by atoms with Gasteiger partial charge in [-0.2, -0.15) is 0 Å². The van der Waals surface area contributed by atoms with Crippen molar-refractivity contribution in [2.45, 2.75) is 24.9 Å². The Hall–Kier alpha value is -3.38. The van der Waals surface area contributed by atoms with E-state index in [2.05, 4.69) is 13.8 Å². The van der Waals surface area contributed by atoms with Gasteiger partial charge in [0.05, 0.1) is 29.5 Å². The second kappa shape index (κ2) is 9.40. The summed E-state index contributed by atoms with van der Waals surface area (Å²) in [7, 11) is 1.59. The zero-order valence-corrected chi connectivity index (χ0v) is 19.1. The lowest BCUT2D eigenvalue weighted by Crippen LogP contribution is -2.23. The zero-order chi connectivity index (χ0) is 22.7. The van der Waals surface area contributed by atoms with Crippen LogP contribution in [0, 0.1) is 0 Å². The molecule has 4 aromatic rings. The van der Waals surface area contributed by atoms with Crippen LogP contribution in [0.5, 0.6) is 5.75 Å². The molecule has 0 bridgehead atoms. The Bertz CT molecular complexity index is 1330. The number of carbonyl (C=O) groups excluding carboxylic acids is 1. The van der Waals surface area contributed by atoms with Crippen molar-refractivity contribution in [1.29, 1.82) is 0 Å². The smallest absolute Gasteiger partial charge is 0.266 e. The fraction of sp³-hybridized carbons (Fsp3) is 0.192. The molecular weight excluding hydrogens is 420 g/mol. The highest BCUT2D eigenvalue weighted by Gasteiger charge is 2.18. The minimum atomic E-state index is -0.136. The Balaban J connectivity index is 1.77. The van der Waals surface area contributed by atoms with Gasteiger partial charge in [-0.25, -0.2) is 4.98 Å². The van der Waals surface area contributed by atoms with Crippen LogP contribution < -0.4 is 10.3 Å². The van der Waals surface area contributed by atoms with Gasteiger partial charge in [0.25, 0.3) is 5.56 Å². The SMILES string of the molecule is COc1ccc(C(=O)CSc2nc3ccccc3c(=O)n2-c2ccccc2C(C)C)cc1. The third-order valence-electron chi connectivity index (χ3n) is 5.29. The molecule has 0 N–H and O–H groups in total. The first-order chi connectivity index (χ1) is 15.5. The number of para-hydroxylation sites is 2. The molecule has 0 amide bonds. The summed E-state index contributed by atoms with van der Waals surface area (Å²) < 4.78 is 6.81. The van der Waals surface area contributed by atoms with Crippen molar-refractivity contribution in [3.63, 3.8) is 0 Å². The minimum Gasteiger partial charge on any atom is -0.497 e. The monoisotopic (exact) mass is 444 g/mol. The topological polar surface area (TPSA) is 61.2 Å². The Morgan fingerprint density at radius 1 is 1.00 bits per heavy atom. The van der Waals surface area contributed by atoms with E-state index in [-0.39, 0.29) is 23.0 Å². The molecule has 5 nitrogen and oxygen atoms in total. The molecule has 0 fully saturated rings. The number of fused-ring (bicyclic) bond motifs is 1. The highest BCUT2D eigenvalue weighted by molar-refractivity contribution is 7.99. The molecule has 6 heteroatoms. The van der Waals surface area contributed by atoms with Crippen molar-refractivity contribution in [2.24, 2.45) is 0 Å². The standard InChI is InChI=1S/C26H24N2O3S/c1-17(2)20-8-5-7-11-23(20)28-25(30)21-9-4-6-10-22(21)27-26(28)32-16-24(29)18-12-14-19(31-3)15-13-18/h4-15,17H,16H2,1-3H3. The lowest BCUT2D eigenvalue weighted by atomic mass is 10.0. The van der Waals surface area contributed by atoms with E-state index in [1.54, 1.807) is 42.0 Å². The second-order valence-electron chi connectivity index (χ2n) is 7.71. The minimum absolute atomic E-state index is 0.0382. The third-order valence-corrected chi connectivity index (χ3v) is 6.23. The van der Waals surface area contributed by atoms with Crippen LogP contribution in [0.2, 0.25) is 0 Å². The molecule has 0 unspecified atom stereocenters. The van der Waals surface area contributed by atoms with E-state index in [1.807, 2.05) is 42.5 Å². The van der Waals surface area contributed by atoms with Gasteiger partial charge in [0.2, 0.25) is 0 Å². The molecule has 0 aliphatic carbocycles. The number of rotatable bonds is 7. The van der Waals surface area contributed by atoms with Gasteiger partial charge in [-0.05, 0) is 53.9 Å². The molecule has 4 rings (SSSR count). The molecule has 1 aromatic heterocycles. The first-order valence-electron chi connectivity index (χ1n) is 10.4. The number of methoxy groups -OCH3 is 1. The first-order valence-corrected chi connectivity index (χ1v) is 11.4. The Labute approximate surface area is 191 Å². The van der Waals surface area contributed by atoms with Gasteiger partial charge in [0.1, 0.15) is 5.75 Å². The summed E-state index contributed by atoms with van der Waals surface area (Å²) in [6, 6.07) is 22.2. The Kier molecular flexibility index (Phi) is 6.42. The predicted octanol–water partition coefficient (Wildman–Crippen LogP) is 5.49. The molecule has 0 radical (unpaired) electrons. The summed E-state index contributed by atoms with van der Waals surface area (Å²) in [6.07, 6.45) is 0. The first kappa shape index (κ1) is 21.8. The maximum Gasteiger partial charge on any atom is 0.266 e. The fourth-order valence-corrected chi connectivity index (χ4v) is 4.49. The Morgan fingerprint density at radius 2 is 1.69 bits per heavy atom. The van der Waals surface area contributed by atoms with Gasteiger partial charge in [-0.3, -0.25) is 14.2 Å². The third kappa shape index (κ3) is 4.32. The molecule has 0 atom stereocenters. The fourth-order valence-electron chi connectivity index (χ4n) is 3.59. The van der Waals surface area contributed by atoms with Gasteiger partial charge >= 0.3 is 0 Å². The van der Waals surface area contributed by atoms with Crippen LogP contribution in [0.3, 0.4) is 0 Å². The van der Waals surface area contributed by atoms with Crippen molar-refractivity contribution in [3.05, 3.63) is 94.3 Å². The zero-order valence-electron chi connectivity index (χ0n) is 18.2. The molecule has 0 aliphatic rings. The molecule has 0 spiro atoms.